The Morgan fingerprint density at radius 1 is 1.07 bits per heavy atom. The van der Waals surface area contributed by atoms with E-state index in [1.54, 1.807) is 37.3 Å². The number of aromatic amines is 1. The summed E-state index contributed by atoms with van der Waals surface area (Å²) in [6, 6.07) is 13.4. The van der Waals surface area contributed by atoms with Crippen molar-refractivity contribution in [3.05, 3.63) is 65.7 Å². The molecule has 28 heavy (non-hydrogen) atoms. The van der Waals surface area contributed by atoms with E-state index >= 15 is 0 Å². The number of esters is 1. The van der Waals surface area contributed by atoms with Crippen molar-refractivity contribution >= 4 is 5.97 Å². The highest BCUT2D eigenvalue weighted by Crippen LogP contribution is 2.36. The van der Waals surface area contributed by atoms with Gasteiger partial charge in [0.2, 0.25) is 0 Å². The van der Waals surface area contributed by atoms with E-state index in [4.69, 9.17) is 9.47 Å². The lowest BCUT2D eigenvalue weighted by molar-refractivity contribution is -0.137. The van der Waals surface area contributed by atoms with Gasteiger partial charge in [-0.15, -0.1) is 0 Å². The summed E-state index contributed by atoms with van der Waals surface area (Å²) in [6.07, 6.45) is -4.41. The Bertz CT molecular complexity index is 975. The van der Waals surface area contributed by atoms with Crippen LogP contribution in [0.5, 0.6) is 5.75 Å². The predicted octanol–water partition coefficient (Wildman–Crippen LogP) is 5.55. The zero-order chi connectivity index (χ0) is 20.3. The molecule has 1 aromatic heterocycles. The van der Waals surface area contributed by atoms with Crippen LogP contribution in [0.4, 0.5) is 13.2 Å². The Hall–Kier alpha value is -3.22. The number of hydrogen-bond acceptors (Lipinski definition) is 3. The number of methoxy groups -OCH3 is 1. The van der Waals surface area contributed by atoms with E-state index < -0.39 is 17.7 Å². The maximum atomic E-state index is 12.8. The summed E-state index contributed by atoms with van der Waals surface area (Å²) in [5.41, 5.74) is 1.68. The number of para-hydroxylation sites is 1. The minimum absolute atomic E-state index is 0.199. The number of rotatable bonds is 5. The Morgan fingerprint density at radius 2 is 1.75 bits per heavy atom. The summed E-state index contributed by atoms with van der Waals surface area (Å²) < 4.78 is 48.9. The molecule has 0 bridgehead atoms. The average molecular weight is 389 g/mol. The number of carbonyl (C=O) groups is 1. The molecule has 3 aromatic rings. The molecule has 0 amide bonds. The summed E-state index contributed by atoms with van der Waals surface area (Å²) in [6.45, 7) is 1.90. The van der Waals surface area contributed by atoms with E-state index in [-0.39, 0.29) is 12.2 Å². The molecule has 0 radical (unpaired) electrons. The van der Waals surface area contributed by atoms with Crippen LogP contribution < -0.4 is 4.74 Å². The molecule has 1 N–H and O–H groups in total. The molecule has 0 spiro atoms. The third-order valence-corrected chi connectivity index (χ3v) is 4.21. The second-order valence-corrected chi connectivity index (χ2v) is 5.97. The van der Waals surface area contributed by atoms with Gasteiger partial charge in [0.1, 0.15) is 5.75 Å². The molecular weight excluding hydrogens is 371 g/mol. The van der Waals surface area contributed by atoms with Crippen LogP contribution in [0.3, 0.4) is 0 Å². The topological polar surface area (TPSA) is 51.3 Å². The molecule has 7 heteroatoms. The highest BCUT2D eigenvalue weighted by Gasteiger charge is 2.30. The van der Waals surface area contributed by atoms with Crippen LogP contribution in [0.2, 0.25) is 0 Å². The minimum Gasteiger partial charge on any atom is -0.496 e. The Kier molecular flexibility index (Phi) is 5.44. The molecular formula is C21H18F3NO3. The Labute approximate surface area is 159 Å². The molecule has 0 fully saturated rings. The molecule has 2 aromatic carbocycles. The first-order chi connectivity index (χ1) is 13.3. The third kappa shape index (κ3) is 3.88. The summed E-state index contributed by atoms with van der Waals surface area (Å²) >= 11 is 0. The molecule has 0 aliphatic carbocycles. The average Bonchev–Trinajstić information content (AvgIpc) is 3.13. The van der Waals surface area contributed by atoms with Crippen molar-refractivity contribution in [3.63, 3.8) is 0 Å². The van der Waals surface area contributed by atoms with Gasteiger partial charge in [0.05, 0.1) is 30.5 Å². The molecule has 1 heterocycles. The standard InChI is InChI=1S/C21H18F3NO3/c1-3-28-20(26)16-12-17(13-8-10-14(11-9-13)21(22,23)24)25-19(16)15-6-4-5-7-18(15)27-2/h4-12,25H,3H2,1-2H3. The lowest BCUT2D eigenvalue weighted by atomic mass is 10.1. The van der Waals surface area contributed by atoms with Gasteiger partial charge in [-0.1, -0.05) is 24.3 Å². The second-order valence-electron chi connectivity index (χ2n) is 5.97. The summed E-state index contributed by atoms with van der Waals surface area (Å²) in [5.74, 6) is 0.0201. The number of carbonyl (C=O) groups excluding carboxylic acids is 1. The zero-order valence-corrected chi connectivity index (χ0v) is 15.3. The van der Waals surface area contributed by atoms with Gasteiger partial charge in [-0.2, -0.15) is 13.2 Å². The maximum Gasteiger partial charge on any atom is 0.416 e. The summed E-state index contributed by atoms with van der Waals surface area (Å²) in [7, 11) is 1.52. The fourth-order valence-electron chi connectivity index (χ4n) is 2.88. The number of halogens is 3. The number of benzene rings is 2. The number of ether oxygens (including phenoxy) is 2. The largest absolute Gasteiger partial charge is 0.496 e. The van der Waals surface area contributed by atoms with Crippen molar-refractivity contribution in [1.29, 1.82) is 0 Å². The molecule has 4 nitrogen and oxygen atoms in total. The normalized spacial score (nSPS) is 11.3. The Morgan fingerprint density at radius 3 is 2.36 bits per heavy atom. The van der Waals surface area contributed by atoms with Crippen LogP contribution in [0.25, 0.3) is 22.5 Å². The van der Waals surface area contributed by atoms with Gasteiger partial charge < -0.3 is 14.5 Å². The van der Waals surface area contributed by atoms with Crippen molar-refractivity contribution in [2.24, 2.45) is 0 Å². The van der Waals surface area contributed by atoms with Crippen LogP contribution in [-0.4, -0.2) is 24.7 Å². The number of hydrogen-bond donors (Lipinski definition) is 1. The first-order valence-electron chi connectivity index (χ1n) is 8.56. The highest BCUT2D eigenvalue weighted by molar-refractivity contribution is 5.99. The molecule has 3 rings (SSSR count). The summed E-state index contributed by atoms with van der Waals surface area (Å²) in [5, 5.41) is 0. The van der Waals surface area contributed by atoms with Gasteiger partial charge >= 0.3 is 12.1 Å². The van der Waals surface area contributed by atoms with Gasteiger partial charge in [-0.05, 0) is 42.8 Å². The van der Waals surface area contributed by atoms with Crippen LogP contribution in [0.1, 0.15) is 22.8 Å². The number of H-pyrrole nitrogens is 1. The van der Waals surface area contributed by atoms with Crippen LogP contribution in [-0.2, 0) is 10.9 Å². The predicted molar refractivity (Wildman–Crippen MR) is 99.2 cm³/mol. The maximum absolute atomic E-state index is 12.8. The molecule has 146 valence electrons. The molecule has 0 saturated heterocycles. The number of alkyl halides is 3. The van der Waals surface area contributed by atoms with Gasteiger partial charge in [-0.25, -0.2) is 4.79 Å². The van der Waals surface area contributed by atoms with E-state index in [0.29, 0.717) is 28.3 Å². The van der Waals surface area contributed by atoms with Crippen LogP contribution in [0, 0.1) is 0 Å². The minimum atomic E-state index is -4.41. The van der Waals surface area contributed by atoms with Gasteiger partial charge in [0.25, 0.3) is 0 Å². The van der Waals surface area contributed by atoms with Crippen molar-refractivity contribution < 1.29 is 27.4 Å². The third-order valence-electron chi connectivity index (χ3n) is 4.21. The van der Waals surface area contributed by atoms with Crippen molar-refractivity contribution in [2.45, 2.75) is 13.1 Å². The smallest absolute Gasteiger partial charge is 0.416 e. The SMILES string of the molecule is CCOC(=O)c1cc(-c2ccc(C(F)(F)F)cc2)[nH]c1-c1ccccc1OC. The zero-order valence-electron chi connectivity index (χ0n) is 15.3. The van der Waals surface area contributed by atoms with E-state index in [1.807, 2.05) is 0 Å². The van der Waals surface area contributed by atoms with E-state index in [2.05, 4.69) is 4.98 Å². The van der Waals surface area contributed by atoms with Crippen molar-refractivity contribution in [2.75, 3.05) is 13.7 Å². The lowest BCUT2D eigenvalue weighted by Gasteiger charge is -2.09. The lowest BCUT2D eigenvalue weighted by Crippen LogP contribution is -2.05. The molecule has 0 aliphatic rings. The van der Waals surface area contributed by atoms with Crippen LogP contribution >= 0.6 is 0 Å². The second kappa shape index (κ2) is 7.80. The van der Waals surface area contributed by atoms with Crippen LogP contribution in [0.15, 0.2) is 54.6 Å². The van der Waals surface area contributed by atoms with Gasteiger partial charge in [-0.3, -0.25) is 0 Å². The quantitative estimate of drug-likeness (QED) is 0.582. The van der Waals surface area contributed by atoms with E-state index in [1.165, 1.54) is 19.2 Å². The molecule has 0 atom stereocenters. The number of aromatic nitrogens is 1. The first kappa shape index (κ1) is 19.5. The molecule has 0 unspecified atom stereocenters. The van der Waals surface area contributed by atoms with E-state index in [9.17, 15) is 18.0 Å². The van der Waals surface area contributed by atoms with Gasteiger partial charge in [0, 0.05) is 11.3 Å². The fourth-order valence-corrected chi connectivity index (χ4v) is 2.88. The van der Waals surface area contributed by atoms with E-state index in [0.717, 1.165) is 12.1 Å². The highest BCUT2D eigenvalue weighted by atomic mass is 19.4. The van der Waals surface area contributed by atoms with Crippen molar-refractivity contribution in [1.82, 2.24) is 4.98 Å². The molecule has 0 aliphatic heterocycles. The molecule has 0 saturated carbocycles. The summed E-state index contributed by atoms with van der Waals surface area (Å²) in [4.78, 5) is 15.6. The monoisotopic (exact) mass is 389 g/mol. The first-order valence-corrected chi connectivity index (χ1v) is 8.56. The Balaban J connectivity index is 2.10. The number of nitrogens with one attached hydrogen (secondary N) is 1. The van der Waals surface area contributed by atoms with Crippen molar-refractivity contribution in [3.8, 4) is 28.3 Å². The fraction of sp³-hybridized carbons (Fsp3) is 0.190. The van der Waals surface area contributed by atoms with Gasteiger partial charge in [0.15, 0.2) is 0 Å².